The Morgan fingerprint density at radius 3 is 2.95 bits per heavy atom. The Morgan fingerprint density at radius 2 is 2.26 bits per heavy atom. The summed E-state index contributed by atoms with van der Waals surface area (Å²) < 4.78 is 20.3. The van der Waals surface area contributed by atoms with Crippen molar-refractivity contribution in [2.75, 3.05) is 40.0 Å². The number of carbonyl (C=O) groups excluding carboxylic acids is 2. The van der Waals surface area contributed by atoms with E-state index in [2.05, 4.69) is 4.74 Å². The van der Waals surface area contributed by atoms with Crippen molar-refractivity contribution in [3.05, 3.63) is 12.0 Å². The molecule has 0 aromatic heterocycles. The minimum Gasteiger partial charge on any atom is -0.494 e. The van der Waals surface area contributed by atoms with E-state index in [1.54, 1.807) is 4.90 Å². The Bertz CT molecular complexity index is 380. The summed E-state index contributed by atoms with van der Waals surface area (Å²) in [5, 5.41) is 0. The number of methoxy groups -OCH3 is 1. The maximum atomic E-state index is 12.1. The third-order valence-electron chi connectivity index (χ3n) is 2.91. The second-order valence-corrected chi connectivity index (χ2v) is 4.23. The number of amides is 1. The summed E-state index contributed by atoms with van der Waals surface area (Å²) in [5.41, 5.74) is 0. The fourth-order valence-corrected chi connectivity index (χ4v) is 1.93. The van der Waals surface area contributed by atoms with Gasteiger partial charge in [0.05, 0.1) is 26.2 Å². The molecule has 1 atom stereocenters. The average Bonchev–Trinajstić information content (AvgIpc) is 2.47. The highest BCUT2D eigenvalue weighted by Gasteiger charge is 2.29. The van der Waals surface area contributed by atoms with E-state index in [1.165, 1.54) is 13.4 Å². The minimum atomic E-state index is -0.351. The van der Waals surface area contributed by atoms with E-state index < -0.39 is 0 Å². The van der Waals surface area contributed by atoms with Gasteiger partial charge in [0.2, 0.25) is 5.76 Å². The number of rotatable bonds is 3. The van der Waals surface area contributed by atoms with Gasteiger partial charge in [-0.1, -0.05) is 0 Å². The predicted molar refractivity (Wildman–Crippen MR) is 62.9 cm³/mol. The van der Waals surface area contributed by atoms with Gasteiger partial charge in [0, 0.05) is 13.1 Å². The van der Waals surface area contributed by atoms with Gasteiger partial charge in [0.25, 0.3) is 5.91 Å². The van der Waals surface area contributed by atoms with Gasteiger partial charge in [-0.2, -0.15) is 0 Å². The standard InChI is InChI=1S/C12H17NO6/c1-16-11(14)6-9-7-13(2-3-18-9)12(15)10-8-17-4-5-19-10/h8-9H,2-7H2,1H3. The first-order valence-corrected chi connectivity index (χ1v) is 6.13. The van der Waals surface area contributed by atoms with Crippen LogP contribution in [0, 0.1) is 0 Å². The molecule has 7 heteroatoms. The molecule has 0 N–H and O–H groups in total. The Morgan fingerprint density at radius 1 is 1.42 bits per heavy atom. The van der Waals surface area contributed by atoms with Crippen LogP contribution in [0.3, 0.4) is 0 Å². The lowest BCUT2D eigenvalue weighted by atomic mass is 10.2. The van der Waals surface area contributed by atoms with E-state index in [9.17, 15) is 9.59 Å². The molecule has 0 bridgehead atoms. The van der Waals surface area contributed by atoms with Crippen molar-refractivity contribution in [1.29, 1.82) is 0 Å². The predicted octanol–water partition coefficient (Wildman–Crippen LogP) is -0.335. The van der Waals surface area contributed by atoms with Crippen LogP contribution in [0.4, 0.5) is 0 Å². The molecule has 1 unspecified atom stereocenters. The smallest absolute Gasteiger partial charge is 0.308 e. The molecule has 1 saturated heterocycles. The van der Waals surface area contributed by atoms with E-state index >= 15 is 0 Å². The normalized spacial score (nSPS) is 22.9. The summed E-state index contributed by atoms with van der Waals surface area (Å²) in [7, 11) is 1.33. The van der Waals surface area contributed by atoms with E-state index in [-0.39, 0.29) is 30.2 Å². The van der Waals surface area contributed by atoms with E-state index in [0.717, 1.165) is 0 Å². The van der Waals surface area contributed by atoms with Gasteiger partial charge < -0.3 is 23.8 Å². The molecule has 0 spiro atoms. The highest BCUT2D eigenvalue weighted by atomic mass is 16.6. The third-order valence-corrected chi connectivity index (χ3v) is 2.91. The Balaban J connectivity index is 1.91. The lowest BCUT2D eigenvalue weighted by molar-refractivity contribution is -0.150. The van der Waals surface area contributed by atoms with Crippen molar-refractivity contribution in [1.82, 2.24) is 4.90 Å². The molecular weight excluding hydrogens is 254 g/mol. The lowest BCUT2D eigenvalue weighted by Crippen LogP contribution is -2.47. The lowest BCUT2D eigenvalue weighted by Gasteiger charge is -2.33. The van der Waals surface area contributed by atoms with Crippen molar-refractivity contribution < 1.29 is 28.5 Å². The van der Waals surface area contributed by atoms with Crippen LogP contribution >= 0.6 is 0 Å². The van der Waals surface area contributed by atoms with Gasteiger partial charge in [-0.15, -0.1) is 0 Å². The van der Waals surface area contributed by atoms with Crippen molar-refractivity contribution in [3.8, 4) is 0 Å². The number of hydrogen-bond acceptors (Lipinski definition) is 6. The number of ether oxygens (including phenoxy) is 4. The van der Waals surface area contributed by atoms with Crippen LogP contribution in [0.2, 0.25) is 0 Å². The minimum absolute atomic E-state index is 0.136. The molecule has 2 heterocycles. The highest BCUT2D eigenvalue weighted by molar-refractivity contribution is 5.91. The van der Waals surface area contributed by atoms with Crippen molar-refractivity contribution >= 4 is 11.9 Å². The first-order chi connectivity index (χ1) is 9.20. The Kier molecular flexibility index (Phi) is 4.62. The molecule has 106 valence electrons. The molecule has 0 aromatic rings. The second kappa shape index (κ2) is 6.42. The SMILES string of the molecule is COC(=O)CC1CN(C(=O)C2=COCCO2)CCO1. The molecule has 2 aliphatic rings. The summed E-state index contributed by atoms with van der Waals surface area (Å²) in [6, 6.07) is 0. The second-order valence-electron chi connectivity index (χ2n) is 4.23. The summed E-state index contributed by atoms with van der Waals surface area (Å²) in [6.07, 6.45) is 1.13. The highest BCUT2D eigenvalue weighted by Crippen LogP contribution is 2.14. The summed E-state index contributed by atoms with van der Waals surface area (Å²) in [6.45, 7) is 2.02. The zero-order valence-corrected chi connectivity index (χ0v) is 10.8. The molecule has 2 rings (SSSR count). The van der Waals surface area contributed by atoms with Gasteiger partial charge in [0.15, 0.2) is 0 Å². The number of hydrogen-bond donors (Lipinski definition) is 0. The molecule has 0 aliphatic carbocycles. The number of nitrogens with zero attached hydrogens (tertiary/aromatic N) is 1. The summed E-state index contributed by atoms with van der Waals surface area (Å²) >= 11 is 0. The molecule has 0 radical (unpaired) electrons. The Hall–Kier alpha value is -1.76. The molecular formula is C12H17NO6. The molecule has 0 saturated carbocycles. The quantitative estimate of drug-likeness (QED) is 0.654. The van der Waals surface area contributed by atoms with Crippen molar-refractivity contribution in [2.24, 2.45) is 0 Å². The van der Waals surface area contributed by atoms with E-state index in [4.69, 9.17) is 14.2 Å². The van der Waals surface area contributed by atoms with Gasteiger partial charge in [-0.3, -0.25) is 9.59 Å². The molecule has 7 nitrogen and oxygen atoms in total. The van der Waals surface area contributed by atoms with Crippen LogP contribution in [0.15, 0.2) is 12.0 Å². The van der Waals surface area contributed by atoms with E-state index in [1.807, 2.05) is 0 Å². The van der Waals surface area contributed by atoms with Crippen LogP contribution in [0.25, 0.3) is 0 Å². The molecule has 0 aromatic carbocycles. The maximum absolute atomic E-state index is 12.1. The van der Waals surface area contributed by atoms with Crippen LogP contribution in [-0.2, 0) is 28.5 Å². The van der Waals surface area contributed by atoms with Crippen LogP contribution in [0.5, 0.6) is 0 Å². The largest absolute Gasteiger partial charge is 0.494 e. The monoisotopic (exact) mass is 271 g/mol. The zero-order valence-electron chi connectivity index (χ0n) is 10.8. The van der Waals surface area contributed by atoms with Crippen LogP contribution in [-0.4, -0.2) is 62.9 Å². The summed E-state index contributed by atoms with van der Waals surface area (Å²) in [4.78, 5) is 24.9. The van der Waals surface area contributed by atoms with Gasteiger partial charge in [0.1, 0.15) is 19.5 Å². The Labute approximate surface area is 111 Å². The molecule has 1 fully saturated rings. The van der Waals surface area contributed by atoms with Crippen LogP contribution < -0.4 is 0 Å². The van der Waals surface area contributed by atoms with Gasteiger partial charge >= 0.3 is 5.97 Å². The topological polar surface area (TPSA) is 74.3 Å². The number of morpholine rings is 1. The van der Waals surface area contributed by atoms with Gasteiger partial charge in [-0.05, 0) is 0 Å². The number of carbonyl (C=O) groups is 2. The molecule has 2 aliphatic heterocycles. The average molecular weight is 271 g/mol. The first kappa shape index (κ1) is 13.7. The molecule has 1 amide bonds. The number of esters is 1. The van der Waals surface area contributed by atoms with Crippen molar-refractivity contribution in [3.63, 3.8) is 0 Å². The van der Waals surface area contributed by atoms with Crippen molar-refractivity contribution in [2.45, 2.75) is 12.5 Å². The fourth-order valence-electron chi connectivity index (χ4n) is 1.93. The summed E-state index contributed by atoms with van der Waals surface area (Å²) in [5.74, 6) is -0.390. The molecule has 19 heavy (non-hydrogen) atoms. The fraction of sp³-hybridized carbons (Fsp3) is 0.667. The third kappa shape index (κ3) is 3.60. The van der Waals surface area contributed by atoms with E-state index in [0.29, 0.717) is 32.9 Å². The van der Waals surface area contributed by atoms with Gasteiger partial charge in [-0.25, -0.2) is 0 Å². The first-order valence-electron chi connectivity index (χ1n) is 6.13. The van der Waals surface area contributed by atoms with Crippen LogP contribution in [0.1, 0.15) is 6.42 Å². The maximum Gasteiger partial charge on any atom is 0.308 e. The zero-order chi connectivity index (χ0) is 13.7.